The molecule has 2 aromatic rings. The van der Waals surface area contributed by atoms with Gasteiger partial charge in [0.25, 0.3) is 0 Å². The van der Waals surface area contributed by atoms with E-state index < -0.39 is 11.2 Å². The van der Waals surface area contributed by atoms with Gasteiger partial charge in [0.15, 0.2) is 0 Å². The number of anilines is 2. The third-order valence-electron chi connectivity index (χ3n) is 3.57. The van der Waals surface area contributed by atoms with Gasteiger partial charge in [-0.1, -0.05) is 23.7 Å². The third-order valence-corrected chi connectivity index (χ3v) is 5.15. The number of carbonyl (C=O) groups is 3. The van der Waals surface area contributed by atoms with Crippen LogP contribution in [0.2, 0.25) is 5.02 Å². The van der Waals surface area contributed by atoms with Crippen LogP contribution in [0, 0.1) is 0 Å². The summed E-state index contributed by atoms with van der Waals surface area (Å²) in [6.45, 7) is 0. The van der Waals surface area contributed by atoms with Crippen molar-refractivity contribution in [1.29, 1.82) is 0 Å². The van der Waals surface area contributed by atoms with Crippen LogP contribution in [0.25, 0.3) is 0 Å². The molecule has 0 fully saturated rings. The van der Waals surface area contributed by atoms with Crippen LogP contribution in [0.1, 0.15) is 16.8 Å². The maximum Gasteiger partial charge on any atom is 0.335 e. The number of nitrogens with one attached hydrogen (secondary N) is 2. The van der Waals surface area contributed by atoms with Crippen LogP contribution in [-0.2, 0) is 9.59 Å². The highest BCUT2D eigenvalue weighted by Gasteiger charge is 2.29. The van der Waals surface area contributed by atoms with Crippen LogP contribution in [-0.4, -0.2) is 28.1 Å². The average molecular weight is 377 g/mol. The van der Waals surface area contributed by atoms with Crippen molar-refractivity contribution in [2.24, 2.45) is 0 Å². The number of rotatable bonds is 4. The van der Waals surface area contributed by atoms with Crippen LogP contribution in [0.15, 0.2) is 47.4 Å². The first-order valence-electron chi connectivity index (χ1n) is 7.33. The SMILES string of the molecule is O=C(C[C@@H]1Sc2cc(C(=O)O)ccc2NC1=O)Nc1ccccc1Cl. The van der Waals surface area contributed by atoms with E-state index in [4.69, 9.17) is 16.7 Å². The molecule has 0 aromatic heterocycles. The standard InChI is InChI=1S/C17H13ClN2O4S/c18-10-3-1-2-4-11(10)19-15(21)8-14-16(22)20-12-6-5-9(17(23)24)7-13(12)25-14/h1-7,14H,8H2,(H,19,21)(H,20,22)(H,23,24)/t14-/m0/s1. The lowest BCUT2D eigenvalue weighted by molar-refractivity contribution is -0.120. The zero-order valence-corrected chi connectivity index (χ0v) is 14.4. The normalized spacial score (nSPS) is 15.9. The van der Waals surface area contributed by atoms with Crippen LogP contribution in [0.4, 0.5) is 11.4 Å². The van der Waals surface area contributed by atoms with Gasteiger partial charge < -0.3 is 15.7 Å². The van der Waals surface area contributed by atoms with Crippen molar-refractivity contribution in [2.45, 2.75) is 16.6 Å². The van der Waals surface area contributed by atoms with Gasteiger partial charge in [-0.15, -0.1) is 11.8 Å². The Kier molecular flexibility index (Phi) is 4.96. The van der Waals surface area contributed by atoms with E-state index in [2.05, 4.69) is 10.6 Å². The van der Waals surface area contributed by atoms with Crippen molar-refractivity contribution in [3.63, 3.8) is 0 Å². The number of fused-ring (bicyclic) bond motifs is 1. The molecule has 6 nitrogen and oxygen atoms in total. The van der Waals surface area contributed by atoms with E-state index in [1.54, 1.807) is 30.3 Å². The summed E-state index contributed by atoms with van der Waals surface area (Å²) in [5, 5.41) is 14.2. The molecule has 3 N–H and O–H groups in total. The number of halogens is 1. The highest BCUT2D eigenvalue weighted by atomic mass is 35.5. The monoisotopic (exact) mass is 376 g/mol. The number of thioether (sulfide) groups is 1. The minimum Gasteiger partial charge on any atom is -0.478 e. The Balaban J connectivity index is 1.72. The molecule has 128 valence electrons. The fraction of sp³-hybridized carbons (Fsp3) is 0.118. The number of carboxylic acid groups (broad SMARTS) is 1. The summed E-state index contributed by atoms with van der Waals surface area (Å²) in [4.78, 5) is 36.1. The lowest BCUT2D eigenvalue weighted by atomic mass is 10.2. The molecule has 1 aliphatic heterocycles. The zero-order chi connectivity index (χ0) is 18.0. The van der Waals surface area contributed by atoms with E-state index in [-0.39, 0.29) is 23.8 Å². The van der Waals surface area contributed by atoms with E-state index in [1.165, 1.54) is 23.9 Å². The molecule has 1 atom stereocenters. The Morgan fingerprint density at radius 3 is 2.72 bits per heavy atom. The smallest absolute Gasteiger partial charge is 0.335 e. The molecule has 0 saturated heterocycles. The number of hydrogen-bond acceptors (Lipinski definition) is 4. The maximum absolute atomic E-state index is 12.2. The van der Waals surface area contributed by atoms with Gasteiger partial charge in [-0.25, -0.2) is 4.79 Å². The molecule has 2 aromatic carbocycles. The van der Waals surface area contributed by atoms with Crippen molar-refractivity contribution in [2.75, 3.05) is 10.6 Å². The number of benzene rings is 2. The van der Waals surface area contributed by atoms with Gasteiger partial charge in [-0.3, -0.25) is 9.59 Å². The van der Waals surface area contributed by atoms with Crippen LogP contribution >= 0.6 is 23.4 Å². The van der Waals surface area contributed by atoms with E-state index >= 15 is 0 Å². The molecular formula is C17H13ClN2O4S. The molecule has 25 heavy (non-hydrogen) atoms. The zero-order valence-electron chi connectivity index (χ0n) is 12.8. The molecule has 1 aliphatic rings. The van der Waals surface area contributed by atoms with Gasteiger partial charge in [0.2, 0.25) is 11.8 Å². The van der Waals surface area contributed by atoms with Crippen molar-refractivity contribution in [1.82, 2.24) is 0 Å². The van der Waals surface area contributed by atoms with Gasteiger partial charge >= 0.3 is 5.97 Å². The van der Waals surface area contributed by atoms with E-state index in [9.17, 15) is 14.4 Å². The third kappa shape index (κ3) is 3.94. The molecule has 3 rings (SSSR count). The first-order chi connectivity index (χ1) is 11.9. The Labute approximate surface area is 152 Å². The second kappa shape index (κ2) is 7.16. The van der Waals surface area contributed by atoms with E-state index in [1.807, 2.05) is 0 Å². The van der Waals surface area contributed by atoms with Crippen LogP contribution in [0.3, 0.4) is 0 Å². The Morgan fingerprint density at radius 2 is 2.00 bits per heavy atom. The summed E-state index contributed by atoms with van der Waals surface area (Å²) >= 11 is 7.17. The summed E-state index contributed by atoms with van der Waals surface area (Å²) in [5.74, 6) is -1.69. The Hall–Kier alpha value is -2.51. The Morgan fingerprint density at radius 1 is 1.24 bits per heavy atom. The first kappa shape index (κ1) is 17.3. The number of carboxylic acids is 1. The highest BCUT2D eigenvalue weighted by molar-refractivity contribution is 8.01. The average Bonchev–Trinajstić information content (AvgIpc) is 2.57. The number of amides is 2. The fourth-order valence-electron chi connectivity index (χ4n) is 2.34. The van der Waals surface area contributed by atoms with Gasteiger partial charge in [0.05, 0.1) is 27.2 Å². The molecule has 0 unspecified atom stereocenters. The second-order valence-corrected chi connectivity index (χ2v) is 7.00. The lowest BCUT2D eigenvalue weighted by Crippen LogP contribution is -2.32. The molecule has 0 saturated carbocycles. The summed E-state index contributed by atoms with van der Waals surface area (Å²) in [5.41, 5.74) is 1.15. The van der Waals surface area contributed by atoms with Crippen molar-refractivity contribution < 1.29 is 19.5 Å². The van der Waals surface area contributed by atoms with E-state index in [0.29, 0.717) is 21.3 Å². The molecule has 1 heterocycles. The number of hydrogen-bond donors (Lipinski definition) is 3. The molecule has 2 amide bonds. The summed E-state index contributed by atoms with van der Waals surface area (Å²) < 4.78 is 0. The van der Waals surface area contributed by atoms with Gasteiger partial charge in [0, 0.05) is 11.3 Å². The van der Waals surface area contributed by atoms with Crippen LogP contribution in [0.5, 0.6) is 0 Å². The van der Waals surface area contributed by atoms with E-state index in [0.717, 1.165) is 0 Å². The van der Waals surface area contributed by atoms with Crippen molar-refractivity contribution in [3.05, 3.63) is 53.1 Å². The number of para-hydroxylation sites is 1. The largest absolute Gasteiger partial charge is 0.478 e. The maximum atomic E-state index is 12.2. The molecular weight excluding hydrogens is 364 g/mol. The van der Waals surface area contributed by atoms with Gasteiger partial charge in [0.1, 0.15) is 0 Å². The van der Waals surface area contributed by atoms with Gasteiger partial charge in [-0.2, -0.15) is 0 Å². The summed E-state index contributed by atoms with van der Waals surface area (Å²) in [6.07, 6.45) is -0.0571. The first-order valence-corrected chi connectivity index (χ1v) is 8.59. The molecule has 0 bridgehead atoms. The quantitative estimate of drug-likeness (QED) is 0.759. The second-order valence-electron chi connectivity index (χ2n) is 5.34. The molecule has 0 aliphatic carbocycles. The minimum absolute atomic E-state index is 0.0571. The predicted octanol–water partition coefficient (Wildman–Crippen LogP) is 3.48. The number of aromatic carboxylic acids is 1. The minimum atomic E-state index is -1.05. The predicted molar refractivity (Wildman–Crippen MR) is 96.4 cm³/mol. The van der Waals surface area contributed by atoms with Crippen molar-refractivity contribution in [3.8, 4) is 0 Å². The molecule has 0 radical (unpaired) electrons. The van der Waals surface area contributed by atoms with Crippen molar-refractivity contribution >= 4 is 52.5 Å². The fourth-order valence-corrected chi connectivity index (χ4v) is 3.67. The lowest BCUT2D eigenvalue weighted by Gasteiger charge is -2.24. The topological polar surface area (TPSA) is 95.5 Å². The Bertz CT molecular complexity index is 871. The highest BCUT2D eigenvalue weighted by Crippen LogP contribution is 2.37. The molecule has 8 heteroatoms. The summed E-state index contributed by atoms with van der Waals surface area (Å²) in [7, 11) is 0. The molecule has 0 spiro atoms. The summed E-state index contributed by atoms with van der Waals surface area (Å²) in [6, 6.07) is 11.3. The van der Waals surface area contributed by atoms with Crippen LogP contribution < -0.4 is 10.6 Å². The van der Waals surface area contributed by atoms with Gasteiger partial charge in [-0.05, 0) is 30.3 Å². The number of carbonyl (C=O) groups excluding carboxylic acids is 2.